The van der Waals surface area contributed by atoms with E-state index in [1.54, 1.807) is 26.4 Å². The van der Waals surface area contributed by atoms with Crippen molar-refractivity contribution in [3.63, 3.8) is 0 Å². The molecule has 0 bridgehead atoms. The molecule has 1 saturated carbocycles. The molecule has 0 aliphatic heterocycles. The Bertz CT molecular complexity index is 1060. The molecule has 5 nitrogen and oxygen atoms in total. The van der Waals surface area contributed by atoms with Crippen LogP contribution in [0, 0.1) is 0 Å². The van der Waals surface area contributed by atoms with E-state index in [1.807, 2.05) is 52.0 Å². The van der Waals surface area contributed by atoms with Crippen LogP contribution in [0.25, 0.3) is 12.2 Å². The Balaban J connectivity index is 1.93. The normalized spacial score (nSPS) is 16.3. The molecule has 0 spiro atoms. The smallest absolute Gasteiger partial charge is 0.185 e. The van der Waals surface area contributed by atoms with Gasteiger partial charge < -0.3 is 18.9 Å². The monoisotopic (exact) mass is 518 g/mol. The molecule has 0 saturated heterocycles. The SMILES string of the molecule is COc1cc(C=C2CCCC(=Cc3cc(Cl)c(OC(C)C)c(OC)c3)C2=O)cc(Cl)c1OC(C)C. The Morgan fingerprint density at radius 3 is 1.49 bits per heavy atom. The van der Waals surface area contributed by atoms with Crippen LogP contribution in [-0.4, -0.2) is 32.2 Å². The maximum atomic E-state index is 13.3. The van der Waals surface area contributed by atoms with Gasteiger partial charge in [0.25, 0.3) is 0 Å². The molecule has 1 fully saturated rings. The van der Waals surface area contributed by atoms with Gasteiger partial charge in [0.15, 0.2) is 28.8 Å². The molecule has 3 rings (SSSR count). The van der Waals surface area contributed by atoms with E-state index in [4.69, 9.17) is 42.1 Å². The van der Waals surface area contributed by atoms with Gasteiger partial charge in [0.05, 0.1) is 36.5 Å². The molecule has 2 aromatic carbocycles. The van der Waals surface area contributed by atoms with Crippen LogP contribution >= 0.6 is 23.2 Å². The van der Waals surface area contributed by atoms with E-state index in [-0.39, 0.29) is 18.0 Å². The highest BCUT2D eigenvalue weighted by Gasteiger charge is 2.22. The van der Waals surface area contributed by atoms with Crippen molar-refractivity contribution >= 4 is 41.1 Å². The van der Waals surface area contributed by atoms with E-state index >= 15 is 0 Å². The first-order valence-corrected chi connectivity index (χ1v) is 12.4. The highest BCUT2D eigenvalue weighted by Crippen LogP contribution is 2.40. The number of halogens is 2. The van der Waals surface area contributed by atoms with E-state index in [2.05, 4.69) is 0 Å². The summed E-state index contributed by atoms with van der Waals surface area (Å²) in [5, 5.41) is 0.878. The molecular formula is C28H32Cl2O5. The zero-order valence-electron chi connectivity index (χ0n) is 21.0. The Labute approximate surface area is 217 Å². The van der Waals surface area contributed by atoms with Crippen LogP contribution in [0.3, 0.4) is 0 Å². The number of methoxy groups -OCH3 is 2. The molecule has 0 heterocycles. The fourth-order valence-electron chi connectivity index (χ4n) is 3.93. The van der Waals surface area contributed by atoms with Crippen molar-refractivity contribution in [3.05, 3.63) is 56.6 Å². The first-order valence-electron chi connectivity index (χ1n) is 11.7. The molecule has 1 aliphatic carbocycles. The lowest BCUT2D eigenvalue weighted by Crippen LogP contribution is -2.12. The van der Waals surface area contributed by atoms with E-state index < -0.39 is 0 Å². The molecule has 0 unspecified atom stereocenters. The van der Waals surface area contributed by atoms with Gasteiger partial charge in [-0.25, -0.2) is 0 Å². The van der Waals surface area contributed by atoms with E-state index in [1.165, 1.54) is 0 Å². The highest BCUT2D eigenvalue weighted by atomic mass is 35.5. The number of carbonyl (C=O) groups is 1. The van der Waals surface area contributed by atoms with Gasteiger partial charge in [0.2, 0.25) is 0 Å². The van der Waals surface area contributed by atoms with Crippen LogP contribution in [0.5, 0.6) is 23.0 Å². The quantitative estimate of drug-likeness (QED) is 0.333. The van der Waals surface area contributed by atoms with Gasteiger partial charge in [-0.2, -0.15) is 0 Å². The Kier molecular flexibility index (Phi) is 9.15. The molecule has 188 valence electrons. The summed E-state index contributed by atoms with van der Waals surface area (Å²) in [5.41, 5.74) is 3.01. The fraction of sp³-hybridized carbons (Fsp3) is 0.393. The van der Waals surface area contributed by atoms with Crippen molar-refractivity contribution in [2.45, 2.75) is 59.2 Å². The number of allylic oxidation sites excluding steroid dienone is 2. The fourth-order valence-corrected chi connectivity index (χ4v) is 4.45. The Morgan fingerprint density at radius 1 is 0.743 bits per heavy atom. The summed E-state index contributed by atoms with van der Waals surface area (Å²) < 4.78 is 22.5. The van der Waals surface area contributed by atoms with Crippen LogP contribution in [0.4, 0.5) is 0 Å². The largest absolute Gasteiger partial charge is 0.493 e. The first kappa shape index (κ1) is 27.0. The molecular weight excluding hydrogens is 487 g/mol. The second kappa shape index (κ2) is 11.9. The average Bonchev–Trinajstić information content (AvgIpc) is 2.79. The number of hydrogen-bond donors (Lipinski definition) is 0. The minimum Gasteiger partial charge on any atom is -0.493 e. The number of benzene rings is 2. The maximum Gasteiger partial charge on any atom is 0.185 e. The lowest BCUT2D eigenvalue weighted by atomic mass is 9.87. The second-order valence-corrected chi connectivity index (χ2v) is 9.74. The van der Waals surface area contributed by atoms with Crippen molar-refractivity contribution in [2.75, 3.05) is 14.2 Å². The van der Waals surface area contributed by atoms with Crippen molar-refractivity contribution in [1.29, 1.82) is 0 Å². The number of Topliss-reactive ketones (excluding diaryl/α,β-unsaturated/α-hetero) is 1. The lowest BCUT2D eigenvalue weighted by molar-refractivity contribution is -0.112. The minimum absolute atomic E-state index is 0.00597. The number of rotatable bonds is 8. The van der Waals surface area contributed by atoms with Crippen LogP contribution in [0.2, 0.25) is 10.0 Å². The lowest BCUT2D eigenvalue weighted by Gasteiger charge is -2.19. The third kappa shape index (κ3) is 6.74. The molecule has 0 amide bonds. The van der Waals surface area contributed by atoms with E-state index in [0.717, 1.165) is 28.7 Å². The van der Waals surface area contributed by atoms with Gasteiger partial charge in [-0.15, -0.1) is 0 Å². The molecule has 0 radical (unpaired) electrons. The second-order valence-electron chi connectivity index (χ2n) is 8.92. The first-order chi connectivity index (χ1) is 16.6. The van der Waals surface area contributed by atoms with Crippen molar-refractivity contribution in [3.8, 4) is 23.0 Å². The van der Waals surface area contributed by atoms with Gasteiger partial charge in [0, 0.05) is 11.1 Å². The summed E-state index contributed by atoms with van der Waals surface area (Å²) in [7, 11) is 3.14. The molecule has 0 N–H and O–H groups in total. The summed E-state index contributed by atoms with van der Waals surface area (Å²) in [5.74, 6) is 2.06. The molecule has 2 aromatic rings. The van der Waals surface area contributed by atoms with Gasteiger partial charge in [-0.3, -0.25) is 4.79 Å². The third-order valence-electron chi connectivity index (χ3n) is 5.37. The van der Waals surface area contributed by atoms with Crippen molar-refractivity contribution in [1.82, 2.24) is 0 Å². The third-order valence-corrected chi connectivity index (χ3v) is 5.93. The van der Waals surface area contributed by atoms with Gasteiger partial charge in [-0.05, 0) is 94.5 Å². The van der Waals surface area contributed by atoms with Crippen LogP contribution in [0.15, 0.2) is 35.4 Å². The zero-order valence-corrected chi connectivity index (χ0v) is 22.5. The molecule has 0 atom stereocenters. The minimum atomic E-state index is -0.0450. The molecule has 1 aliphatic rings. The number of ether oxygens (including phenoxy) is 4. The maximum absolute atomic E-state index is 13.3. The summed E-state index contributed by atoms with van der Waals surface area (Å²) in [6.45, 7) is 7.70. The summed E-state index contributed by atoms with van der Waals surface area (Å²) in [4.78, 5) is 13.3. The topological polar surface area (TPSA) is 54.0 Å². The van der Waals surface area contributed by atoms with E-state index in [9.17, 15) is 4.79 Å². The number of hydrogen-bond acceptors (Lipinski definition) is 5. The van der Waals surface area contributed by atoms with Crippen molar-refractivity contribution in [2.24, 2.45) is 0 Å². The molecule has 35 heavy (non-hydrogen) atoms. The summed E-state index contributed by atoms with van der Waals surface area (Å²) in [6.07, 6.45) is 5.89. The summed E-state index contributed by atoms with van der Waals surface area (Å²) in [6, 6.07) is 7.25. The van der Waals surface area contributed by atoms with Crippen LogP contribution < -0.4 is 18.9 Å². The van der Waals surface area contributed by atoms with Crippen LogP contribution in [0.1, 0.15) is 58.1 Å². The highest BCUT2D eigenvalue weighted by molar-refractivity contribution is 6.33. The number of carbonyl (C=O) groups excluding carboxylic acids is 1. The molecule has 0 aromatic heterocycles. The van der Waals surface area contributed by atoms with Crippen molar-refractivity contribution < 1.29 is 23.7 Å². The Morgan fingerprint density at radius 2 is 1.14 bits per heavy atom. The number of ketones is 1. The zero-order chi connectivity index (χ0) is 25.7. The average molecular weight is 519 g/mol. The van der Waals surface area contributed by atoms with Gasteiger partial charge >= 0.3 is 0 Å². The summed E-state index contributed by atoms with van der Waals surface area (Å²) >= 11 is 12.9. The van der Waals surface area contributed by atoms with E-state index in [0.29, 0.717) is 45.9 Å². The van der Waals surface area contributed by atoms with Gasteiger partial charge in [0.1, 0.15) is 0 Å². The predicted molar refractivity (Wildman–Crippen MR) is 142 cm³/mol. The predicted octanol–water partition coefficient (Wildman–Crippen LogP) is 7.81. The standard InChI is InChI=1S/C28H32Cl2O5/c1-16(2)34-27-22(29)12-18(14-24(27)32-5)10-20-8-7-9-21(26(20)31)11-19-13-23(30)28(35-17(3)4)25(15-19)33-6/h10-17H,7-9H2,1-6H3. The Hall–Kier alpha value is -2.63. The van der Waals surface area contributed by atoms with Crippen LogP contribution in [-0.2, 0) is 4.79 Å². The molecule has 7 heteroatoms. The van der Waals surface area contributed by atoms with Gasteiger partial charge in [-0.1, -0.05) is 23.2 Å².